The van der Waals surface area contributed by atoms with Gasteiger partial charge >= 0.3 is 0 Å². The molecule has 0 unspecified atom stereocenters. The molecule has 0 radical (unpaired) electrons. The maximum atomic E-state index is 14.0. The van der Waals surface area contributed by atoms with Crippen molar-refractivity contribution in [3.63, 3.8) is 0 Å². The molecule has 0 atom stereocenters. The van der Waals surface area contributed by atoms with Crippen molar-refractivity contribution >= 4 is 10.0 Å². The molecule has 0 amide bonds. The third kappa shape index (κ3) is 3.62. The van der Waals surface area contributed by atoms with Gasteiger partial charge in [0.2, 0.25) is 10.0 Å². The van der Waals surface area contributed by atoms with Crippen molar-refractivity contribution in [1.82, 2.24) is 4.31 Å². The zero-order chi connectivity index (χ0) is 18.0. The topological polar surface area (TPSA) is 55.8 Å². The molecule has 7 heteroatoms. The third-order valence-corrected chi connectivity index (χ3v) is 6.09. The first kappa shape index (κ1) is 17.7. The van der Waals surface area contributed by atoms with Crippen molar-refractivity contribution in [3.05, 3.63) is 53.8 Å². The van der Waals surface area contributed by atoms with E-state index in [1.165, 1.54) is 36.7 Å². The van der Waals surface area contributed by atoms with Gasteiger partial charge in [-0.3, -0.25) is 0 Å². The van der Waals surface area contributed by atoms with Crippen LogP contribution < -0.4 is 9.47 Å². The molecule has 3 rings (SSSR count). The van der Waals surface area contributed by atoms with Gasteiger partial charge in [0.15, 0.2) is 11.5 Å². The van der Waals surface area contributed by atoms with E-state index in [1.807, 2.05) is 0 Å². The van der Waals surface area contributed by atoms with Crippen LogP contribution in [0, 0.1) is 5.82 Å². The number of halogens is 1. The van der Waals surface area contributed by atoms with Gasteiger partial charge in [0.1, 0.15) is 5.82 Å². The fourth-order valence-electron chi connectivity index (χ4n) is 2.68. The lowest BCUT2D eigenvalue weighted by molar-refractivity contribution is 0.353. The fraction of sp³-hybridized carbons (Fsp3) is 0.333. The van der Waals surface area contributed by atoms with Crippen molar-refractivity contribution in [2.45, 2.75) is 30.3 Å². The summed E-state index contributed by atoms with van der Waals surface area (Å²) < 4.78 is 51.9. The highest BCUT2D eigenvalue weighted by Crippen LogP contribution is 2.36. The number of ether oxygens (including phenoxy) is 2. The molecule has 25 heavy (non-hydrogen) atoms. The second kappa shape index (κ2) is 7.01. The van der Waals surface area contributed by atoms with E-state index in [4.69, 9.17) is 9.47 Å². The van der Waals surface area contributed by atoms with Gasteiger partial charge in [0, 0.05) is 24.2 Å². The molecule has 1 saturated carbocycles. The van der Waals surface area contributed by atoms with Crippen LogP contribution in [0.1, 0.15) is 18.4 Å². The van der Waals surface area contributed by atoms with Gasteiger partial charge in [-0.2, -0.15) is 4.31 Å². The number of nitrogens with zero attached hydrogens (tertiary/aromatic N) is 1. The Labute approximate surface area is 147 Å². The second-order valence-electron chi connectivity index (χ2n) is 5.89. The molecule has 1 aliphatic rings. The van der Waals surface area contributed by atoms with Crippen LogP contribution in [0.3, 0.4) is 0 Å². The summed E-state index contributed by atoms with van der Waals surface area (Å²) in [4.78, 5) is 0.105. The van der Waals surface area contributed by atoms with Crippen LogP contribution in [0.4, 0.5) is 4.39 Å². The summed E-state index contributed by atoms with van der Waals surface area (Å²) in [5.74, 6) is 0.384. The molecule has 5 nitrogen and oxygen atoms in total. The molecule has 0 aromatic heterocycles. The van der Waals surface area contributed by atoms with Gasteiger partial charge < -0.3 is 9.47 Å². The van der Waals surface area contributed by atoms with E-state index in [0.29, 0.717) is 17.1 Å². The van der Waals surface area contributed by atoms with Crippen LogP contribution in [0.15, 0.2) is 47.4 Å². The minimum Gasteiger partial charge on any atom is -0.493 e. The molecule has 0 spiro atoms. The predicted octanol–water partition coefficient (Wildman–Crippen LogP) is 3.20. The molecule has 1 fully saturated rings. The molecule has 0 heterocycles. The molecular formula is C18H20FNO4S. The number of sulfonamides is 1. The zero-order valence-corrected chi connectivity index (χ0v) is 14.9. The molecule has 0 saturated heterocycles. The number of hydrogen-bond acceptors (Lipinski definition) is 4. The standard InChI is InChI=1S/C18H20FNO4S/c1-23-17-10-9-15(11-18(17)24-2)25(21,22)20(14-7-8-14)12-13-5-3-4-6-16(13)19/h3-6,9-11,14H,7-8,12H2,1-2H3. The lowest BCUT2D eigenvalue weighted by Crippen LogP contribution is -2.33. The minimum absolute atomic E-state index is 0.00795. The van der Waals surface area contributed by atoms with E-state index in [9.17, 15) is 12.8 Å². The Balaban J connectivity index is 1.97. The Morgan fingerprint density at radius 2 is 1.76 bits per heavy atom. The Morgan fingerprint density at radius 1 is 1.08 bits per heavy atom. The Morgan fingerprint density at radius 3 is 2.36 bits per heavy atom. The molecule has 2 aromatic carbocycles. The van der Waals surface area contributed by atoms with Gasteiger partial charge in [0.05, 0.1) is 19.1 Å². The van der Waals surface area contributed by atoms with E-state index < -0.39 is 15.8 Å². The number of methoxy groups -OCH3 is 2. The van der Waals surface area contributed by atoms with Crippen LogP contribution in [-0.4, -0.2) is 33.0 Å². The van der Waals surface area contributed by atoms with E-state index in [1.54, 1.807) is 24.3 Å². The van der Waals surface area contributed by atoms with Crippen LogP contribution >= 0.6 is 0 Å². The highest BCUT2D eigenvalue weighted by atomic mass is 32.2. The van der Waals surface area contributed by atoms with Crippen molar-refractivity contribution in [1.29, 1.82) is 0 Å². The fourth-order valence-corrected chi connectivity index (χ4v) is 4.36. The van der Waals surface area contributed by atoms with Crippen molar-refractivity contribution < 1.29 is 22.3 Å². The smallest absolute Gasteiger partial charge is 0.243 e. The van der Waals surface area contributed by atoms with E-state index in [-0.39, 0.29) is 17.5 Å². The number of benzene rings is 2. The molecule has 0 bridgehead atoms. The van der Waals surface area contributed by atoms with Crippen LogP contribution in [0.2, 0.25) is 0 Å². The second-order valence-corrected chi connectivity index (χ2v) is 7.78. The van der Waals surface area contributed by atoms with E-state index in [0.717, 1.165) is 12.8 Å². The molecule has 0 N–H and O–H groups in total. The number of rotatable bonds is 7. The molecular weight excluding hydrogens is 345 g/mol. The first-order valence-corrected chi connectivity index (χ1v) is 9.38. The summed E-state index contributed by atoms with van der Waals surface area (Å²) in [7, 11) is -0.842. The quantitative estimate of drug-likeness (QED) is 0.756. The summed E-state index contributed by atoms with van der Waals surface area (Å²) in [6.07, 6.45) is 1.56. The average molecular weight is 365 g/mol. The van der Waals surface area contributed by atoms with Crippen LogP contribution in [0.25, 0.3) is 0 Å². The summed E-state index contributed by atoms with van der Waals surface area (Å²) in [6.45, 7) is 0.00795. The molecule has 134 valence electrons. The van der Waals surface area contributed by atoms with Gasteiger partial charge in [-0.05, 0) is 31.0 Å². The normalized spacial score (nSPS) is 14.6. The lowest BCUT2D eigenvalue weighted by atomic mass is 10.2. The highest BCUT2D eigenvalue weighted by Gasteiger charge is 2.38. The van der Waals surface area contributed by atoms with Gasteiger partial charge in [-0.25, -0.2) is 12.8 Å². The van der Waals surface area contributed by atoms with Crippen LogP contribution in [-0.2, 0) is 16.6 Å². The van der Waals surface area contributed by atoms with Crippen molar-refractivity contribution in [3.8, 4) is 11.5 Å². The Hall–Kier alpha value is -2.12. The summed E-state index contributed by atoms with van der Waals surface area (Å²) in [5.41, 5.74) is 0.360. The van der Waals surface area contributed by atoms with Crippen LogP contribution in [0.5, 0.6) is 11.5 Å². The maximum Gasteiger partial charge on any atom is 0.243 e. The highest BCUT2D eigenvalue weighted by molar-refractivity contribution is 7.89. The molecule has 0 aliphatic heterocycles. The average Bonchev–Trinajstić information content (AvgIpc) is 3.45. The largest absolute Gasteiger partial charge is 0.493 e. The third-order valence-electron chi connectivity index (χ3n) is 4.20. The van der Waals surface area contributed by atoms with Gasteiger partial charge in [-0.1, -0.05) is 18.2 Å². The maximum absolute atomic E-state index is 14.0. The zero-order valence-electron chi connectivity index (χ0n) is 14.1. The minimum atomic E-state index is -3.78. The van der Waals surface area contributed by atoms with Gasteiger partial charge in [0.25, 0.3) is 0 Å². The first-order valence-electron chi connectivity index (χ1n) is 7.94. The number of hydrogen-bond donors (Lipinski definition) is 0. The molecule has 1 aliphatic carbocycles. The SMILES string of the molecule is COc1ccc(S(=O)(=O)N(Cc2ccccc2F)C2CC2)cc1OC. The Kier molecular flexibility index (Phi) is 4.96. The van der Waals surface area contributed by atoms with Crippen molar-refractivity contribution in [2.75, 3.05) is 14.2 Å². The summed E-state index contributed by atoms with van der Waals surface area (Å²) in [5, 5.41) is 0. The van der Waals surface area contributed by atoms with E-state index >= 15 is 0 Å². The first-order chi connectivity index (χ1) is 12.0. The summed E-state index contributed by atoms with van der Waals surface area (Å²) >= 11 is 0. The monoisotopic (exact) mass is 365 g/mol. The Bertz CT molecular complexity index is 865. The van der Waals surface area contributed by atoms with E-state index in [2.05, 4.69) is 0 Å². The van der Waals surface area contributed by atoms with Crippen molar-refractivity contribution in [2.24, 2.45) is 0 Å². The lowest BCUT2D eigenvalue weighted by Gasteiger charge is -2.23. The van der Waals surface area contributed by atoms with Gasteiger partial charge in [-0.15, -0.1) is 0 Å². The predicted molar refractivity (Wildman–Crippen MR) is 91.7 cm³/mol. The molecule has 2 aromatic rings. The summed E-state index contributed by atoms with van der Waals surface area (Å²) in [6, 6.07) is 10.6.